The number of hydrogen-bond acceptors (Lipinski definition) is 4. The first kappa shape index (κ1) is 28.4. The van der Waals surface area contributed by atoms with Gasteiger partial charge in [-0.15, -0.1) is 0 Å². The number of aliphatic hydroxyl groups is 1. The highest BCUT2D eigenvalue weighted by atomic mass is 19.1. The Hall–Kier alpha value is -1.82. The first-order chi connectivity index (χ1) is 13.4. The number of halogens is 1. The maximum Gasteiger partial charge on any atom is 0.128 e. The average Bonchev–Trinajstić information content (AvgIpc) is 2.68. The number of likely N-dealkylation sites (tertiary alicyclic amines) is 1. The Labute approximate surface area is 171 Å². The lowest BCUT2D eigenvalue weighted by Crippen LogP contribution is -2.32. The molecule has 0 bridgehead atoms. The number of rotatable bonds is 6. The summed E-state index contributed by atoms with van der Waals surface area (Å²) in [6, 6.07) is 6.16. The van der Waals surface area contributed by atoms with E-state index < -0.39 is 0 Å². The summed E-state index contributed by atoms with van der Waals surface area (Å²) in [6.45, 7) is 14.7. The molecule has 1 fully saturated rings. The standard InChI is InChI=1S/C10H17NO.C7H7FO.C4H9N.C2H6/c1-5-11-10(3)8-9(2)6-7-12-4;8-7-4-2-1-3-6(7)5-9;1-5-3-2-4-5;1-2/h5,8H,1,6-7H2,2-4H3;1-4,9H,5H2;2-4H2,1H3;1-2H3/b9-8+,11-10?;;;. The SMILES string of the molecule is C=CN=C(C)/C=C(\C)CCOC.CC.CN1CCC1.OCc1ccccc1F. The monoisotopic (exact) mass is 394 g/mol. The fourth-order valence-corrected chi connectivity index (χ4v) is 1.97. The Kier molecular flexibility index (Phi) is 20.2. The largest absolute Gasteiger partial charge is 0.392 e. The van der Waals surface area contributed by atoms with Crippen LogP contribution < -0.4 is 0 Å². The van der Waals surface area contributed by atoms with Gasteiger partial charge < -0.3 is 14.7 Å². The molecule has 1 aromatic rings. The van der Waals surface area contributed by atoms with Gasteiger partial charge >= 0.3 is 0 Å². The Bertz CT molecular complexity index is 567. The molecule has 0 unspecified atom stereocenters. The molecule has 0 amide bonds. The number of aliphatic hydroxyl groups excluding tert-OH is 1. The lowest BCUT2D eigenvalue weighted by atomic mass is 10.2. The van der Waals surface area contributed by atoms with Crippen LogP contribution >= 0.6 is 0 Å². The van der Waals surface area contributed by atoms with Crippen LogP contribution in [0.5, 0.6) is 0 Å². The summed E-state index contributed by atoms with van der Waals surface area (Å²) in [5, 5.41) is 8.48. The highest BCUT2D eigenvalue weighted by molar-refractivity contribution is 5.93. The van der Waals surface area contributed by atoms with Crippen LogP contribution in [0.4, 0.5) is 4.39 Å². The quantitative estimate of drug-likeness (QED) is 0.671. The van der Waals surface area contributed by atoms with Gasteiger partial charge in [0.25, 0.3) is 0 Å². The first-order valence-electron chi connectivity index (χ1n) is 9.78. The van der Waals surface area contributed by atoms with Gasteiger partial charge in [0, 0.05) is 31.2 Å². The lowest BCUT2D eigenvalue weighted by molar-refractivity contribution is 0.202. The van der Waals surface area contributed by atoms with Crippen LogP contribution in [0.15, 0.2) is 53.7 Å². The summed E-state index contributed by atoms with van der Waals surface area (Å²) in [4.78, 5) is 6.34. The minimum atomic E-state index is -0.347. The topological polar surface area (TPSA) is 45.1 Å². The molecule has 1 N–H and O–H groups in total. The summed E-state index contributed by atoms with van der Waals surface area (Å²) in [5.41, 5.74) is 2.61. The Morgan fingerprint density at radius 1 is 1.29 bits per heavy atom. The van der Waals surface area contributed by atoms with Crippen molar-refractivity contribution in [1.29, 1.82) is 0 Å². The lowest BCUT2D eigenvalue weighted by Gasteiger charge is -2.24. The smallest absolute Gasteiger partial charge is 0.128 e. The second-order valence-electron chi connectivity index (χ2n) is 6.09. The predicted molar refractivity (Wildman–Crippen MR) is 119 cm³/mol. The van der Waals surface area contributed by atoms with E-state index in [0.29, 0.717) is 5.56 Å². The molecular weight excluding hydrogens is 355 g/mol. The normalized spacial score (nSPS) is 13.6. The second kappa shape index (κ2) is 19.9. The van der Waals surface area contributed by atoms with Gasteiger partial charge in [-0.2, -0.15) is 0 Å². The predicted octanol–water partition coefficient (Wildman–Crippen LogP) is 5.24. The molecule has 0 radical (unpaired) electrons. The van der Waals surface area contributed by atoms with Crippen LogP contribution in [0.1, 0.15) is 46.1 Å². The molecule has 0 aliphatic carbocycles. The van der Waals surface area contributed by atoms with Crippen molar-refractivity contribution < 1.29 is 14.2 Å². The average molecular weight is 395 g/mol. The van der Waals surface area contributed by atoms with E-state index in [1.165, 1.54) is 31.1 Å². The summed E-state index contributed by atoms with van der Waals surface area (Å²) < 4.78 is 17.4. The van der Waals surface area contributed by atoms with E-state index in [9.17, 15) is 4.39 Å². The van der Waals surface area contributed by atoms with E-state index in [2.05, 4.69) is 30.4 Å². The van der Waals surface area contributed by atoms with Crippen LogP contribution in [0, 0.1) is 5.82 Å². The summed E-state index contributed by atoms with van der Waals surface area (Å²) >= 11 is 0. The third-order valence-electron chi connectivity index (χ3n) is 3.66. The van der Waals surface area contributed by atoms with Crippen molar-refractivity contribution in [3.63, 3.8) is 0 Å². The minimum absolute atomic E-state index is 0.229. The highest BCUT2D eigenvalue weighted by Crippen LogP contribution is 2.04. The fraction of sp³-hybridized carbons (Fsp3) is 0.522. The van der Waals surface area contributed by atoms with E-state index in [1.807, 2.05) is 26.8 Å². The minimum Gasteiger partial charge on any atom is -0.392 e. The molecule has 0 saturated carbocycles. The van der Waals surface area contributed by atoms with E-state index in [4.69, 9.17) is 9.84 Å². The second-order valence-corrected chi connectivity index (χ2v) is 6.09. The van der Waals surface area contributed by atoms with Gasteiger partial charge in [0.15, 0.2) is 0 Å². The number of methoxy groups -OCH3 is 1. The maximum atomic E-state index is 12.4. The zero-order valence-electron chi connectivity index (χ0n) is 18.5. The van der Waals surface area contributed by atoms with E-state index >= 15 is 0 Å². The van der Waals surface area contributed by atoms with Crippen molar-refractivity contribution in [3.8, 4) is 0 Å². The van der Waals surface area contributed by atoms with Crippen LogP contribution in [0.25, 0.3) is 0 Å². The van der Waals surface area contributed by atoms with Crippen molar-refractivity contribution in [1.82, 2.24) is 4.90 Å². The maximum absolute atomic E-state index is 12.4. The van der Waals surface area contributed by atoms with Crippen molar-refractivity contribution in [2.24, 2.45) is 4.99 Å². The van der Waals surface area contributed by atoms with E-state index in [0.717, 1.165) is 18.7 Å². The Balaban J connectivity index is 0. The molecule has 1 aromatic carbocycles. The van der Waals surface area contributed by atoms with E-state index in [-0.39, 0.29) is 12.4 Å². The van der Waals surface area contributed by atoms with Crippen LogP contribution in [-0.4, -0.2) is 49.6 Å². The molecule has 0 atom stereocenters. The van der Waals surface area contributed by atoms with Crippen molar-refractivity contribution in [2.75, 3.05) is 33.9 Å². The fourth-order valence-electron chi connectivity index (χ4n) is 1.97. The Morgan fingerprint density at radius 3 is 2.21 bits per heavy atom. The summed E-state index contributed by atoms with van der Waals surface area (Å²) in [5.74, 6) is -0.347. The van der Waals surface area contributed by atoms with Gasteiger partial charge in [-0.25, -0.2) is 4.39 Å². The number of ether oxygens (including phenoxy) is 1. The van der Waals surface area contributed by atoms with E-state index in [1.54, 1.807) is 31.5 Å². The van der Waals surface area contributed by atoms with Crippen molar-refractivity contribution in [3.05, 3.63) is 60.1 Å². The van der Waals surface area contributed by atoms with Crippen LogP contribution in [0.3, 0.4) is 0 Å². The molecule has 1 saturated heterocycles. The van der Waals surface area contributed by atoms with Crippen molar-refractivity contribution in [2.45, 2.75) is 47.1 Å². The highest BCUT2D eigenvalue weighted by Gasteiger charge is 2.04. The molecule has 1 heterocycles. The number of nitrogens with zero attached hydrogens (tertiary/aromatic N) is 2. The Morgan fingerprint density at radius 2 is 1.86 bits per heavy atom. The van der Waals surface area contributed by atoms with Gasteiger partial charge in [-0.3, -0.25) is 4.99 Å². The molecule has 0 aromatic heterocycles. The zero-order chi connectivity index (χ0) is 21.8. The number of hydrogen-bond donors (Lipinski definition) is 1. The number of benzene rings is 1. The zero-order valence-corrected chi connectivity index (χ0v) is 18.5. The number of allylic oxidation sites excluding steroid dienone is 1. The number of aliphatic imine (C=N–C) groups is 1. The molecule has 5 heteroatoms. The van der Waals surface area contributed by atoms with Crippen LogP contribution in [-0.2, 0) is 11.3 Å². The summed E-state index contributed by atoms with van der Waals surface area (Å²) in [6.07, 6.45) is 5.97. The molecule has 2 rings (SSSR count). The molecule has 4 nitrogen and oxygen atoms in total. The molecule has 1 aliphatic heterocycles. The molecular formula is C23H39FN2O2. The van der Waals surface area contributed by atoms with Crippen molar-refractivity contribution >= 4 is 5.71 Å². The molecule has 28 heavy (non-hydrogen) atoms. The van der Waals surface area contributed by atoms with Gasteiger partial charge in [-0.05, 0) is 59.0 Å². The van der Waals surface area contributed by atoms with Gasteiger partial charge in [0.2, 0.25) is 0 Å². The molecule has 0 spiro atoms. The third kappa shape index (κ3) is 16.4. The third-order valence-corrected chi connectivity index (χ3v) is 3.66. The first-order valence-corrected chi connectivity index (χ1v) is 9.78. The van der Waals surface area contributed by atoms with Gasteiger partial charge in [0.05, 0.1) is 6.61 Å². The summed E-state index contributed by atoms with van der Waals surface area (Å²) in [7, 11) is 3.85. The van der Waals surface area contributed by atoms with Crippen LogP contribution in [0.2, 0.25) is 0 Å². The molecule has 160 valence electrons. The molecule has 1 aliphatic rings. The van der Waals surface area contributed by atoms with Gasteiger partial charge in [-0.1, -0.05) is 44.2 Å². The van der Waals surface area contributed by atoms with Gasteiger partial charge in [0.1, 0.15) is 5.82 Å².